The molecule has 0 aliphatic rings. The third-order valence-electron chi connectivity index (χ3n) is 3.20. The second-order valence-corrected chi connectivity index (χ2v) is 6.54. The summed E-state index contributed by atoms with van der Waals surface area (Å²) in [4.78, 5) is 18.0. The molecule has 1 aromatic heterocycles. The van der Waals surface area contributed by atoms with Gasteiger partial charge in [0.2, 0.25) is 0 Å². The smallest absolute Gasteiger partial charge is 0.305 e. The number of aromatic nitrogens is 2. The number of fused-ring (bicyclic) bond motifs is 1. The number of H-pyrrole nitrogens is 1. The van der Waals surface area contributed by atoms with Crippen LogP contribution in [0.5, 0.6) is 0 Å². The van der Waals surface area contributed by atoms with Gasteiger partial charge in [0.1, 0.15) is 0 Å². The molecular weight excluding hydrogens is 302 g/mol. The van der Waals surface area contributed by atoms with Gasteiger partial charge in [0.05, 0.1) is 10.4 Å². The van der Waals surface area contributed by atoms with Crippen molar-refractivity contribution in [1.82, 2.24) is 9.97 Å². The van der Waals surface area contributed by atoms with E-state index in [4.69, 9.17) is 0 Å². The van der Waals surface area contributed by atoms with Crippen LogP contribution in [0.2, 0.25) is 0 Å². The van der Waals surface area contributed by atoms with E-state index in [1.165, 1.54) is 12.1 Å². The number of benzene rings is 2. The van der Waals surface area contributed by atoms with Crippen LogP contribution >= 0.6 is 0 Å². The van der Waals surface area contributed by atoms with Gasteiger partial charge in [-0.2, -0.15) is 4.98 Å². The molecule has 0 radical (unpaired) electrons. The first kappa shape index (κ1) is 14.3. The van der Waals surface area contributed by atoms with Crippen LogP contribution in [-0.2, 0) is 10.0 Å². The Bertz CT molecular complexity index is 992. The normalized spacial score (nSPS) is 11.5. The largest absolute Gasteiger partial charge is 0.347 e. The van der Waals surface area contributed by atoms with Gasteiger partial charge in [0, 0.05) is 5.39 Å². The number of anilines is 1. The van der Waals surface area contributed by atoms with Crippen molar-refractivity contribution in [2.75, 3.05) is 4.72 Å². The quantitative estimate of drug-likeness (QED) is 0.773. The van der Waals surface area contributed by atoms with Gasteiger partial charge in [-0.1, -0.05) is 29.8 Å². The van der Waals surface area contributed by atoms with Gasteiger partial charge < -0.3 is 4.98 Å². The average molecular weight is 315 g/mol. The second-order valence-electron chi connectivity index (χ2n) is 4.85. The van der Waals surface area contributed by atoms with E-state index in [2.05, 4.69) is 14.7 Å². The van der Waals surface area contributed by atoms with Crippen molar-refractivity contribution in [2.45, 2.75) is 11.8 Å². The zero-order chi connectivity index (χ0) is 15.7. The minimum absolute atomic E-state index is 0.0138. The Kier molecular flexibility index (Phi) is 3.42. The van der Waals surface area contributed by atoms with Crippen LogP contribution in [0, 0.1) is 6.92 Å². The van der Waals surface area contributed by atoms with E-state index in [-0.39, 0.29) is 10.7 Å². The Morgan fingerprint density at radius 3 is 2.45 bits per heavy atom. The fourth-order valence-electron chi connectivity index (χ4n) is 2.08. The third-order valence-corrected chi connectivity index (χ3v) is 4.55. The molecule has 0 amide bonds. The summed E-state index contributed by atoms with van der Waals surface area (Å²) >= 11 is 0. The maximum Gasteiger partial charge on any atom is 0.347 e. The Morgan fingerprint density at radius 2 is 1.73 bits per heavy atom. The van der Waals surface area contributed by atoms with Crippen molar-refractivity contribution in [2.24, 2.45) is 0 Å². The van der Waals surface area contributed by atoms with Crippen molar-refractivity contribution >= 4 is 26.7 Å². The maximum absolute atomic E-state index is 12.4. The van der Waals surface area contributed by atoms with Crippen LogP contribution < -0.4 is 10.4 Å². The minimum atomic E-state index is -3.80. The molecular formula is C15H13N3O3S. The van der Waals surface area contributed by atoms with E-state index in [1.54, 1.807) is 36.4 Å². The number of sulfonamides is 1. The molecule has 6 nitrogen and oxygen atoms in total. The molecule has 0 aliphatic carbocycles. The highest BCUT2D eigenvalue weighted by atomic mass is 32.2. The van der Waals surface area contributed by atoms with Crippen molar-refractivity contribution in [3.05, 3.63) is 64.6 Å². The zero-order valence-electron chi connectivity index (χ0n) is 11.7. The number of para-hydroxylation sites is 1. The lowest BCUT2D eigenvalue weighted by Gasteiger charge is -2.09. The van der Waals surface area contributed by atoms with E-state index in [0.717, 1.165) is 5.56 Å². The number of aryl methyl sites for hydroxylation is 1. The third kappa shape index (κ3) is 2.71. The van der Waals surface area contributed by atoms with Crippen molar-refractivity contribution in [1.29, 1.82) is 0 Å². The van der Waals surface area contributed by atoms with Gasteiger partial charge in [-0.3, -0.25) is 4.72 Å². The number of hydrogen-bond donors (Lipinski definition) is 2. The molecule has 7 heteroatoms. The molecule has 0 spiro atoms. The number of nitrogens with zero attached hydrogens (tertiary/aromatic N) is 1. The molecule has 0 fully saturated rings. The molecule has 1 heterocycles. The average Bonchev–Trinajstić information content (AvgIpc) is 2.47. The summed E-state index contributed by atoms with van der Waals surface area (Å²) < 4.78 is 27.2. The van der Waals surface area contributed by atoms with Crippen molar-refractivity contribution in [3.63, 3.8) is 0 Å². The van der Waals surface area contributed by atoms with Crippen LogP contribution in [0.1, 0.15) is 5.56 Å². The molecule has 0 aliphatic heterocycles. The molecule has 0 saturated carbocycles. The molecule has 22 heavy (non-hydrogen) atoms. The van der Waals surface area contributed by atoms with Gasteiger partial charge >= 0.3 is 5.69 Å². The Labute approximate surface area is 126 Å². The topological polar surface area (TPSA) is 91.9 Å². The lowest BCUT2D eigenvalue weighted by atomic mass is 10.2. The minimum Gasteiger partial charge on any atom is -0.305 e. The molecule has 0 atom stereocenters. The lowest BCUT2D eigenvalue weighted by molar-refractivity contribution is 0.601. The highest BCUT2D eigenvalue weighted by Gasteiger charge is 2.16. The van der Waals surface area contributed by atoms with Crippen LogP contribution in [0.4, 0.5) is 5.82 Å². The molecule has 0 unspecified atom stereocenters. The number of aromatic amines is 1. The molecule has 3 aromatic rings. The number of hydrogen-bond acceptors (Lipinski definition) is 4. The first-order valence-corrected chi connectivity index (χ1v) is 8.02. The van der Waals surface area contributed by atoms with E-state index in [9.17, 15) is 13.2 Å². The Hall–Kier alpha value is -2.67. The molecule has 2 N–H and O–H groups in total. The van der Waals surface area contributed by atoms with Crippen LogP contribution in [0.25, 0.3) is 10.9 Å². The van der Waals surface area contributed by atoms with Crippen LogP contribution in [0.15, 0.2) is 58.2 Å². The highest BCUT2D eigenvalue weighted by molar-refractivity contribution is 7.92. The zero-order valence-corrected chi connectivity index (χ0v) is 12.5. The lowest BCUT2D eigenvalue weighted by Crippen LogP contribution is -2.19. The number of nitrogens with one attached hydrogen (secondary N) is 2. The fraction of sp³-hybridized carbons (Fsp3) is 0.0667. The highest BCUT2D eigenvalue weighted by Crippen LogP contribution is 2.21. The molecule has 112 valence electrons. The van der Waals surface area contributed by atoms with Crippen molar-refractivity contribution in [3.8, 4) is 0 Å². The van der Waals surface area contributed by atoms with Gasteiger partial charge in [0.25, 0.3) is 10.0 Å². The summed E-state index contributed by atoms with van der Waals surface area (Å²) in [7, 11) is -3.80. The fourth-order valence-corrected chi connectivity index (χ4v) is 3.11. The van der Waals surface area contributed by atoms with Gasteiger partial charge in [-0.25, -0.2) is 13.2 Å². The molecule has 3 rings (SSSR count). The van der Waals surface area contributed by atoms with E-state index in [0.29, 0.717) is 10.9 Å². The van der Waals surface area contributed by atoms with E-state index >= 15 is 0 Å². The summed E-state index contributed by atoms with van der Waals surface area (Å²) in [6, 6.07) is 13.3. The first-order chi connectivity index (χ1) is 10.5. The maximum atomic E-state index is 12.4. The van der Waals surface area contributed by atoms with Crippen molar-refractivity contribution < 1.29 is 8.42 Å². The number of rotatable bonds is 3. The Balaban J connectivity index is 2.09. The van der Waals surface area contributed by atoms with E-state index in [1.807, 2.05) is 6.92 Å². The second kappa shape index (κ2) is 5.27. The predicted molar refractivity (Wildman–Crippen MR) is 84.4 cm³/mol. The standard InChI is InChI=1S/C15H13N3O3S/c1-10-6-8-11(9-7-10)22(20,21)18-14-12-4-2-3-5-13(12)16-15(19)17-14/h2-9H,1H3,(H2,16,17,18,19). The first-order valence-electron chi connectivity index (χ1n) is 6.54. The summed E-state index contributed by atoms with van der Waals surface area (Å²) in [6.45, 7) is 1.87. The summed E-state index contributed by atoms with van der Waals surface area (Å²) in [5, 5.41) is 0.526. The summed E-state index contributed by atoms with van der Waals surface area (Å²) in [5.41, 5.74) is 0.864. The van der Waals surface area contributed by atoms with Gasteiger partial charge in [0.15, 0.2) is 5.82 Å². The monoisotopic (exact) mass is 315 g/mol. The Morgan fingerprint density at radius 1 is 1.05 bits per heavy atom. The van der Waals surface area contributed by atoms with Crippen LogP contribution in [-0.4, -0.2) is 18.4 Å². The van der Waals surface area contributed by atoms with Gasteiger partial charge in [-0.05, 0) is 31.2 Å². The molecule has 0 bridgehead atoms. The van der Waals surface area contributed by atoms with Crippen LogP contribution in [0.3, 0.4) is 0 Å². The summed E-state index contributed by atoms with van der Waals surface area (Å²) in [6.07, 6.45) is 0. The SMILES string of the molecule is Cc1ccc(S(=O)(=O)Nc2nc(=O)[nH]c3ccccc23)cc1. The summed E-state index contributed by atoms with van der Waals surface area (Å²) in [5.74, 6) is 0.0138. The van der Waals surface area contributed by atoms with Gasteiger partial charge in [-0.15, -0.1) is 0 Å². The predicted octanol–water partition coefficient (Wildman–Crippen LogP) is 2.03. The molecule has 0 saturated heterocycles. The molecule has 2 aromatic carbocycles. The van der Waals surface area contributed by atoms with E-state index < -0.39 is 15.7 Å².